The van der Waals surface area contributed by atoms with Gasteiger partial charge in [-0.2, -0.15) is 0 Å². The molecule has 0 radical (unpaired) electrons. The van der Waals surface area contributed by atoms with Crippen LogP contribution in [-0.2, 0) is 4.79 Å². The Balaban J connectivity index is 0.00000324. The van der Waals surface area contributed by atoms with Crippen molar-refractivity contribution in [2.24, 2.45) is 5.73 Å². The molecule has 0 fully saturated rings. The van der Waals surface area contributed by atoms with E-state index in [-0.39, 0.29) is 24.2 Å². The molecule has 1 aromatic rings. The molecule has 19 heavy (non-hydrogen) atoms. The Bertz CT molecular complexity index is 444. The van der Waals surface area contributed by atoms with Crippen molar-refractivity contribution in [3.63, 3.8) is 0 Å². The average molecular weight is 286 g/mol. The molecule has 4 N–H and O–H groups in total. The van der Waals surface area contributed by atoms with Crippen LogP contribution in [0.2, 0.25) is 0 Å². The van der Waals surface area contributed by atoms with Crippen LogP contribution in [0.5, 0.6) is 0 Å². The first-order valence-electron chi connectivity index (χ1n) is 5.74. The summed E-state index contributed by atoms with van der Waals surface area (Å²) in [5.74, 6) is -0.323. The van der Waals surface area contributed by atoms with Gasteiger partial charge in [0.1, 0.15) is 0 Å². The first kappa shape index (κ1) is 17.4. The molecule has 6 heteroatoms. The highest BCUT2D eigenvalue weighted by molar-refractivity contribution is 5.95. The van der Waals surface area contributed by atoms with Gasteiger partial charge in [0, 0.05) is 30.3 Å². The Morgan fingerprint density at radius 1 is 1.21 bits per heavy atom. The number of hydrogen-bond acceptors (Lipinski definition) is 3. The van der Waals surface area contributed by atoms with Crippen LogP contribution < -0.4 is 16.4 Å². The smallest absolute Gasteiger partial charge is 0.251 e. The molecule has 0 spiro atoms. The van der Waals surface area contributed by atoms with Gasteiger partial charge in [-0.15, -0.1) is 12.4 Å². The Kier molecular flexibility index (Phi) is 6.52. The quantitative estimate of drug-likeness (QED) is 0.784. The zero-order chi connectivity index (χ0) is 13.8. The SMILES string of the molecule is CC(=O)Nc1ccc(C(=O)NC(C)(C)CN)cc1.Cl. The normalized spacial score (nSPS) is 10.3. The number of halogens is 1. The third-order valence-corrected chi connectivity index (χ3v) is 2.43. The zero-order valence-electron chi connectivity index (χ0n) is 11.3. The molecule has 0 aliphatic carbocycles. The van der Waals surface area contributed by atoms with E-state index in [1.807, 2.05) is 13.8 Å². The van der Waals surface area contributed by atoms with E-state index in [2.05, 4.69) is 10.6 Å². The Labute approximate surface area is 119 Å². The van der Waals surface area contributed by atoms with Gasteiger partial charge in [-0.1, -0.05) is 0 Å². The lowest BCUT2D eigenvalue weighted by Crippen LogP contribution is -2.48. The van der Waals surface area contributed by atoms with Gasteiger partial charge in [0.25, 0.3) is 5.91 Å². The lowest BCUT2D eigenvalue weighted by molar-refractivity contribution is -0.114. The number of nitrogens with one attached hydrogen (secondary N) is 2. The second-order valence-corrected chi connectivity index (χ2v) is 4.80. The summed E-state index contributed by atoms with van der Waals surface area (Å²) in [6.07, 6.45) is 0. The molecule has 0 saturated heterocycles. The fraction of sp³-hybridized carbons (Fsp3) is 0.385. The minimum Gasteiger partial charge on any atom is -0.346 e. The largest absolute Gasteiger partial charge is 0.346 e. The lowest BCUT2D eigenvalue weighted by Gasteiger charge is -2.24. The average Bonchev–Trinajstić information content (AvgIpc) is 2.28. The minimum absolute atomic E-state index is 0. The van der Waals surface area contributed by atoms with Gasteiger partial charge < -0.3 is 16.4 Å². The summed E-state index contributed by atoms with van der Waals surface area (Å²) in [7, 11) is 0. The standard InChI is InChI=1S/C13H19N3O2.ClH/c1-9(17)15-11-6-4-10(5-7-11)12(18)16-13(2,3)8-14;/h4-7H,8,14H2,1-3H3,(H,15,17)(H,16,18);1H. The molecule has 1 aromatic carbocycles. The van der Waals surface area contributed by atoms with Crippen LogP contribution in [0.25, 0.3) is 0 Å². The maximum absolute atomic E-state index is 11.9. The van der Waals surface area contributed by atoms with Crippen molar-refractivity contribution >= 4 is 29.9 Å². The van der Waals surface area contributed by atoms with Crippen LogP contribution in [0.3, 0.4) is 0 Å². The predicted molar refractivity (Wildman–Crippen MR) is 78.6 cm³/mol. The fourth-order valence-corrected chi connectivity index (χ4v) is 1.34. The summed E-state index contributed by atoms with van der Waals surface area (Å²) in [5, 5.41) is 5.47. The molecule has 0 atom stereocenters. The molecule has 0 saturated carbocycles. The molecule has 106 valence electrons. The van der Waals surface area contributed by atoms with E-state index in [1.54, 1.807) is 24.3 Å². The second-order valence-electron chi connectivity index (χ2n) is 4.80. The monoisotopic (exact) mass is 285 g/mol. The van der Waals surface area contributed by atoms with E-state index in [1.165, 1.54) is 6.92 Å². The number of anilines is 1. The molecule has 0 aliphatic rings. The van der Waals surface area contributed by atoms with E-state index < -0.39 is 5.54 Å². The van der Waals surface area contributed by atoms with Crippen molar-refractivity contribution in [2.45, 2.75) is 26.3 Å². The van der Waals surface area contributed by atoms with Crippen molar-refractivity contribution in [3.05, 3.63) is 29.8 Å². The number of amides is 2. The van der Waals surface area contributed by atoms with Crippen molar-refractivity contribution < 1.29 is 9.59 Å². The first-order chi connectivity index (χ1) is 8.34. The number of benzene rings is 1. The number of carbonyl (C=O) groups excluding carboxylic acids is 2. The third-order valence-electron chi connectivity index (χ3n) is 2.43. The van der Waals surface area contributed by atoms with Gasteiger partial charge in [0.05, 0.1) is 0 Å². The minimum atomic E-state index is -0.437. The first-order valence-corrected chi connectivity index (χ1v) is 5.74. The van der Waals surface area contributed by atoms with Crippen molar-refractivity contribution in [1.82, 2.24) is 5.32 Å². The van der Waals surface area contributed by atoms with Gasteiger partial charge >= 0.3 is 0 Å². The summed E-state index contributed by atoms with van der Waals surface area (Å²) in [6.45, 7) is 5.51. The molecular formula is C13H20ClN3O2. The Morgan fingerprint density at radius 2 is 1.74 bits per heavy atom. The molecular weight excluding hydrogens is 266 g/mol. The van der Waals surface area contributed by atoms with Crippen molar-refractivity contribution in [1.29, 1.82) is 0 Å². The van der Waals surface area contributed by atoms with Gasteiger partial charge in [0.15, 0.2) is 0 Å². The summed E-state index contributed by atoms with van der Waals surface area (Å²) in [5.41, 5.74) is 6.31. The number of carbonyl (C=O) groups is 2. The van der Waals surface area contributed by atoms with Crippen LogP contribution in [0.15, 0.2) is 24.3 Å². The summed E-state index contributed by atoms with van der Waals surface area (Å²) < 4.78 is 0. The highest BCUT2D eigenvalue weighted by Crippen LogP contribution is 2.10. The summed E-state index contributed by atoms with van der Waals surface area (Å²) >= 11 is 0. The highest BCUT2D eigenvalue weighted by atomic mass is 35.5. The molecule has 0 heterocycles. The van der Waals surface area contributed by atoms with Gasteiger partial charge in [-0.3, -0.25) is 9.59 Å². The topological polar surface area (TPSA) is 84.2 Å². The maximum Gasteiger partial charge on any atom is 0.251 e. The van der Waals surface area contributed by atoms with E-state index in [4.69, 9.17) is 5.73 Å². The van der Waals surface area contributed by atoms with E-state index >= 15 is 0 Å². The molecule has 0 aromatic heterocycles. The van der Waals surface area contributed by atoms with E-state index in [9.17, 15) is 9.59 Å². The van der Waals surface area contributed by atoms with Gasteiger partial charge in [-0.25, -0.2) is 0 Å². The van der Waals surface area contributed by atoms with E-state index in [0.29, 0.717) is 17.8 Å². The second kappa shape index (κ2) is 7.11. The van der Waals surface area contributed by atoms with Crippen molar-refractivity contribution in [2.75, 3.05) is 11.9 Å². The number of rotatable bonds is 4. The Hall–Kier alpha value is -1.59. The van der Waals surface area contributed by atoms with Crippen molar-refractivity contribution in [3.8, 4) is 0 Å². The van der Waals surface area contributed by atoms with Crippen LogP contribution in [-0.4, -0.2) is 23.9 Å². The Morgan fingerprint density at radius 3 is 2.16 bits per heavy atom. The van der Waals surface area contributed by atoms with Gasteiger partial charge in [-0.05, 0) is 38.1 Å². The number of nitrogens with two attached hydrogens (primary N) is 1. The molecule has 0 bridgehead atoms. The van der Waals surface area contributed by atoms with E-state index in [0.717, 1.165) is 0 Å². The van der Waals surface area contributed by atoms with Gasteiger partial charge in [0.2, 0.25) is 5.91 Å². The summed E-state index contributed by atoms with van der Waals surface area (Å²) in [6, 6.07) is 6.69. The zero-order valence-corrected chi connectivity index (χ0v) is 12.1. The third kappa shape index (κ3) is 5.72. The highest BCUT2D eigenvalue weighted by Gasteiger charge is 2.18. The van der Waals surface area contributed by atoms with Crippen LogP contribution in [0.4, 0.5) is 5.69 Å². The summed E-state index contributed by atoms with van der Waals surface area (Å²) in [4.78, 5) is 22.8. The lowest BCUT2D eigenvalue weighted by atomic mass is 10.1. The maximum atomic E-state index is 11.9. The van der Waals surface area contributed by atoms with Crippen LogP contribution in [0.1, 0.15) is 31.1 Å². The molecule has 2 amide bonds. The predicted octanol–water partition coefficient (Wildman–Crippen LogP) is 1.53. The molecule has 0 unspecified atom stereocenters. The number of hydrogen-bond donors (Lipinski definition) is 3. The molecule has 5 nitrogen and oxygen atoms in total. The molecule has 0 aliphatic heterocycles. The molecule has 1 rings (SSSR count). The fourth-order valence-electron chi connectivity index (χ4n) is 1.34. The van der Waals surface area contributed by atoms with Crippen LogP contribution in [0, 0.1) is 0 Å². The van der Waals surface area contributed by atoms with Crippen LogP contribution >= 0.6 is 12.4 Å².